The predicted octanol–water partition coefficient (Wildman–Crippen LogP) is 20.2. The van der Waals surface area contributed by atoms with Crippen molar-refractivity contribution in [3.8, 4) is 73.3 Å². The van der Waals surface area contributed by atoms with Gasteiger partial charge in [-0.1, -0.05) is 213 Å². The van der Waals surface area contributed by atoms with Crippen LogP contribution in [0.15, 0.2) is 152 Å². The zero-order chi connectivity index (χ0) is 56.7. The van der Waals surface area contributed by atoms with Gasteiger partial charge in [-0.25, -0.2) is 4.98 Å². The van der Waals surface area contributed by atoms with E-state index in [2.05, 4.69) is 276 Å². The van der Waals surface area contributed by atoms with Gasteiger partial charge in [0.15, 0.2) is 0 Å². The number of aromatic nitrogens is 4. The van der Waals surface area contributed by atoms with Gasteiger partial charge in [0.25, 0.3) is 5.69 Å². The van der Waals surface area contributed by atoms with E-state index >= 15 is 0 Å². The Morgan fingerprint density at radius 2 is 1.06 bits per heavy atom. The maximum Gasteiger partial charge on any atom is 0.255 e. The average molecular weight is 1230 g/mol. The summed E-state index contributed by atoms with van der Waals surface area (Å²) in [5.74, 6) is 1.81. The van der Waals surface area contributed by atoms with Crippen molar-refractivity contribution in [1.29, 1.82) is 0 Å². The molecule has 0 aliphatic heterocycles. The maximum atomic E-state index is 12.9. The van der Waals surface area contributed by atoms with Gasteiger partial charge in [0.2, 0.25) is 0 Å². The first kappa shape index (κ1) is 57.4. The average Bonchev–Trinajstić information content (AvgIpc) is 4.01. The Hall–Kier alpha value is -7.32. The number of imidazole rings is 2. The largest absolute Gasteiger partial charge is 0.507 e. The molecule has 0 aliphatic carbocycles. The van der Waals surface area contributed by atoms with Gasteiger partial charge in [0.05, 0.1) is 39.1 Å². The van der Waals surface area contributed by atoms with Crippen LogP contribution in [0.4, 0.5) is 5.69 Å². The fourth-order valence-electron chi connectivity index (χ4n) is 11.2. The molecule has 7 heteroatoms. The molecule has 1 N–H and O–H groups in total. The second-order valence-corrected chi connectivity index (χ2v) is 26.3. The summed E-state index contributed by atoms with van der Waals surface area (Å²) in [5, 5.41) is 12.9. The van der Waals surface area contributed by atoms with Crippen molar-refractivity contribution in [2.45, 2.75) is 144 Å². The Labute approximate surface area is 490 Å². The van der Waals surface area contributed by atoms with Crippen molar-refractivity contribution >= 4 is 27.8 Å². The first-order valence-corrected chi connectivity index (χ1v) is 28.1. The maximum absolute atomic E-state index is 12.9. The van der Waals surface area contributed by atoms with Crippen LogP contribution in [0.3, 0.4) is 0 Å². The molecule has 0 saturated carbocycles. The summed E-state index contributed by atoms with van der Waals surface area (Å²) in [6.45, 7) is 44.6. The molecule has 2 heterocycles. The van der Waals surface area contributed by atoms with Gasteiger partial charge >= 0.3 is 0 Å². The van der Waals surface area contributed by atoms with Gasteiger partial charge in [-0.3, -0.25) is 9.55 Å². The molecule has 2 aromatic heterocycles. The van der Waals surface area contributed by atoms with Crippen LogP contribution in [0, 0.1) is 12.6 Å². The fraction of sp³-hybridized carbons (Fsp3) is 0.301. The number of phenolic OH excluding ortho intramolecular Hbond substituents is 1. The molecular weight excluding hydrogens is 1160 g/mol. The summed E-state index contributed by atoms with van der Waals surface area (Å²) in [4.78, 5) is 15.8. The zero-order valence-corrected chi connectivity index (χ0v) is 51.9. The number of benzene rings is 8. The fourth-order valence-corrected chi connectivity index (χ4v) is 11.2. The molecule has 410 valence electrons. The number of rotatable bonds is 9. The first-order valence-electron chi connectivity index (χ1n) is 28.1. The molecular formula is C73H76N5OPt-. The summed E-state index contributed by atoms with van der Waals surface area (Å²) >= 11 is 0. The smallest absolute Gasteiger partial charge is 0.255 e. The van der Waals surface area contributed by atoms with Gasteiger partial charge in [0, 0.05) is 37.9 Å². The molecule has 0 saturated heterocycles. The third-order valence-corrected chi connectivity index (χ3v) is 15.7. The topological polar surface area (TPSA) is 60.2 Å². The van der Waals surface area contributed by atoms with Gasteiger partial charge in [-0.2, -0.15) is 4.85 Å². The van der Waals surface area contributed by atoms with Crippen molar-refractivity contribution < 1.29 is 26.2 Å². The second kappa shape index (κ2) is 21.3. The van der Waals surface area contributed by atoms with Gasteiger partial charge < -0.3 is 9.67 Å². The normalized spacial score (nSPS) is 12.4. The van der Waals surface area contributed by atoms with E-state index in [0.29, 0.717) is 28.2 Å². The standard InChI is InChI=1S/C73H76N5O.Pt/c1-44(2)53-37-48(46-27-20-18-21-28-46)38-54(45(3)4)66(53)78-63-34-26-31-52(65(63)76-69(78)57-42-51(71(8,9)10)43-59(67(57)79)73(14,15)16)56-39-49(40-58(64(56)74-17)72(11,12)13)68-75-60-32-24-25-33-62(60)77(68)61-36-35-50(70(5,6)7)41-55(61)47-29-22-19-23-30-47;/h18-38,40-45,79H,1-16H3;/q-1;. The molecule has 80 heavy (non-hydrogen) atoms. The molecule has 0 unspecified atom stereocenters. The number of nitrogens with zero attached hydrogens (tertiary/aromatic N) is 5. The van der Waals surface area contributed by atoms with E-state index in [9.17, 15) is 5.11 Å². The molecule has 8 aromatic carbocycles. The van der Waals surface area contributed by atoms with Gasteiger partial charge in [-0.15, -0.1) is 12.1 Å². The number of aromatic hydroxyl groups is 1. The van der Waals surface area contributed by atoms with E-state index < -0.39 is 5.41 Å². The predicted molar refractivity (Wildman–Crippen MR) is 333 cm³/mol. The molecule has 0 radical (unpaired) electrons. The van der Waals surface area contributed by atoms with Crippen molar-refractivity contribution in [2.24, 2.45) is 0 Å². The Bertz CT molecular complexity index is 3980. The van der Waals surface area contributed by atoms with E-state index in [1.165, 1.54) is 16.7 Å². The minimum Gasteiger partial charge on any atom is -0.507 e. The minimum atomic E-state index is -0.460. The number of para-hydroxylation sites is 3. The molecule has 6 nitrogen and oxygen atoms in total. The Balaban J connectivity index is 0.00000774. The van der Waals surface area contributed by atoms with Gasteiger partial charge in [-0.05, 0) is 138 Å². The molecule has 0 spiro atoms. The first-order chi connectivity index (χ1) is 37.3. The van der Waals surface area contributed by atoms with Crippen LogP contribution in [0.5, 0.6) is 5.75 Å². The number of hydrogen-bond donors (Lipinski definition) is 1. The third kappa shape index (κ3) is 10.5. The molecule has 0 atom stereocenters. The summed E-state index contributed by atoms with van der Waals surface area (Å²) in [5.41, 5.74) is 18.6. The Kier molecular flexibility index (Phi) is 15.3. The van der Waals surface area contributed by atoms with Crippen LogP contribution in [-0.2, 0) is 42.7 Å². The van der Waals surface area contributed by atoms with Gasteiger partial charge in [0.1, 0.15) is 18.1 Å². The SMILES string of the molecule is [C-]#[N+]c1c(-c2cccc3c2nc(-c2cc(C(C)(C)C)cc(C(C)(C)C)c2O)n3-c2c(C(C)C)cc(-c3ccccc3)cc2C(C)C)[c-]c(-c2nc3ccccc3n2-c2ccc(C(C)(C)C)cc2-c2ccccc2)cc1C(C)(C)C.[Pt]. The quantitative estimate of drug-likeness (QED) is 0.147. The Morgan fingerprint density at radius 3 is 1.64 bits per heavy atom. The molecule has 0 fully saturated rings. The van der Waals surface area contributed by atoms with Crippen molar-refractivity contribution in [3.63, 3.8) is 0 Å². The van der Waals surface area contributed by atoms with Crippen LogP contribution in [0.25, 0.3) is 94.4 Å². The van der Waals surface area contributed by atoms with Crippen LogP contribution in [0.1, 0.15) is 156 Å². The summed E-state index contributed by atoms with van der Waals surface area (Å²) < 4.78 is 4.61. The van der Waals surface area contributed by atoms with Crippen molar-refractivity contribution in [2.75, 3.05) is 0 Å². The second-order valence-electron chi connectivity index (χ2n) is 26.3. The molecule has 10 rings (SSSR count). The van der Waals surface area contributed by atoms with Crippen molar-refractivity contribution in [1.82, 2.24) is 19.1 Å². The molecule has 10 aromatic rings. The van der Waals surface area contributed by atoms with Crippen LogP contribution in [-0.4, -0.2) is 24.2 Å². The van der Waals surface area contributed by atoms with E-state index in [1.807, 2.05) is 6.07 Å². The van der Waals surface area contributed by atoms with Crippen LogP contribution in [0.2, 0.25) is 0 Å². The van der Waals surface area contributed by atoms with E-state index in [0.717, 1.165) is 83.8 Å². The zero-order valence-electron chi connectivity index (χ0n) is 49.6. The summed E-state index contributed by atoms with van der Waals surface area (Å²) in [6, 6.07) is 57.9. The number of hydrogen-bond acceptors (Lipinski definition) is 3. The van der Waals surface area contributed by atoms with Crippen molar-refractivity contribution in [3.05, 3.63) is 203 Å². The monoisotopic (exact) mass is 1230 g/mol. The molecule has 0 bridgehead atoms. The van der Waals surface area contributed by atoms with Crippen LogP contribution >= 0.6 is 0 Å². The Morgan fingerprint density at radius 1 is 0.500 bits per heavy atom. The molecule has 0 aliphatic rings. The number of fused-ring (bicyclic) bond motifs is 2. The van der Waals surface area contributed by atoms with E-state index in [1.54, 1.807) is 0 Å². The minimum absolute atomic E-state index is 0. The summed E-state index contributed by atoms with van der Waals surface area (Å²) in [6.07, 6.45) is 0. The molecule has 0 amide bonds. The van der Waals surface area contributed by atoms with Crippen LogP contribution < -0.4 is 0 Å². The van der Waals surface area contributed by atoms with E-state index in [4.69, 9.17) is 16.5 Å². The number of phenols is 1. The van der Waals surface area contributed by atoms with E-state index in [-0.39, 0.29) is 54.9 Å². The summed E-state index contributed by atoms with van der Waals surface area (Å²) in [7, 11) is 0. The third-order valence-electron chi connectivity index (χ3n) is 15.7.